The molecule has 0 saturated heterocycles. The van der Waals surface area contributed by atoms with Gasteiger partial charge in [-0.3, -0.25) is 0 Å². The molecule has 1 atom stereocenters. The lowest BCUT2D eigenvalue weighted by atomic mass is 10.2. The predicted octanol–water partition coefficient (Wildman–Crippen LogP) is 2.27. The van der Waals surface area contributed by atoms with E-state index in [0.717, 1.165) is 37.2 Å². The quantitative estimate of drug-likeness (QED) is 0.671. The Bertz CT molecular complexity index is 324. The molecule has 1 aromatic heterocycles. The van der Waals surface area contributed by atoms with Crippen LogP contribution in [0.5, 0.6) is 0 Å². The van der Waals surface area contributed by atoms with Crippen molar-refractivity contribution in [2.45, 2.75) is 52.1 Å². The van der Waals surface area contributed by atoms with Crippen LogP contribution in [0.15, 0.2) is 0 Å². The molecule has 0 amide bonds. The Hall–Kier alpha value is -0.580. The summed E-state index contributed by atoms with van der Waals surface area (Å²) in [6, 6.07) is 0.119. The van der Waals surface area contributed by atoms with Gasteiger partial charge in [-0.05, 0) is 12.8 Å². The van der Waals surface area contributed by atoms with E-state index in [9.17, 15) is 0 Å². The molecular formula is C12H22ClN3O. The van der Waals surface area contributed by atoms with E-state index < -0.39 is 0 Å². The zero-order valence-electron chi connectivity index (χ0n) is 10.6. The summed E-state index contributed by atoms with van der Waals surface area (Å²) in [5.74, 6) is 0.950. The number of aromatic nitrogens is 2. The van der Waals surface area contributed by atoms with Crippen LogP contribution in [0.1, 0.15) is 44.6 Å². The van der Waals surface area contributed by atoms with Gasteiger partial charge in [0.25, 0.3) is 0 Å². The highest BCUT2D eigenvalue weighted by atomic mass is 35.5. The predicted molar refractivity (Wildman–Crippen MR) is 70.2 cm³/mol. The summed E-state index contributed by atoms with van der Waals surface area (Å²) in [5.41, 5.74) is 0.907. The molecule has 1 heterocycles. The van der Waals surface area contributed by atoms with Crippen molar-refractivity contribution < 1.29 is 5.11 Å². The van der Waals surface area contributed by atoms with Gasteiger partial charge in [-0.2, -0.15) is 0 Å². The lowest BCUT2D eigenvalue weighted by Crippen LogP contribution is -2.31. The largest absolute Gasteiger partial charge is 0.395 e. The van der Waals surface area contributed by atoms with E-state index in [1.165, 1.54) is 0 Å². The summed E-state index contributed by atoms with van der Waals surface area (Å²) in [6.45, 7) is 4.96. The number of aliphatic hydroxyl groups is 1. The number of aryl methyl sites for hydroxylation is 1. The molecule has 0 bridgehead atoms. The first-order valence-electron chi connectivity index (χ1n) is 6.28. The minimum absolute atomic E-state index is 0.119. The number of unbranched alkanes of at least 4 members (excludes halogenated alkanes) is 1. The van der Waals surface area contributed by atoms with Crippen molar-refractivity contribution in [2.75, 3.05) is 6.61 Å². The lowest BCUT2D eigenvalue weighted by Gasteiger charge is -2.12. The Morgan fingerprint density at radius 1 is 1.47 bits per heavy atom. The number of rotatable bonds is 8. The molecule has 0 radical (unpaired) electrons. The third kappa shape index (κ3) is 4.66. The zero-order valence-corrected chi connectivity index (χ0v) is 11.3. The Labute approximate surface area is 108 Å². The molecule has 0 unspecified atom stereocenters. The first-order chi connectivity index (χ1) is 8.21. The van der Waals surface area contributed by atoms with Crippen LogP contribution in [0.4, 0.5) is 0 Å². The second-order valence-electron chi connectivity index (χ2n) is 4.23. The summed E-state index contributed by atoms with van der Waals surface area (Å²) < 4.78 is 0. The van der Waals surface area contributed by atoms with Crippen molar-refractivity contribution in [3.05, 3.63) is 16.7 Å². The van der Waals surface area contributed by atoms with Crippen molar-refractivity contribution in [1.29, 1.82) is 0 Å². The second-order valence-corrected chi connectivity index (χ2v) is 4.58. The number of hydrogen-bond donors (Lipinski definition) is 3. The minimum atomic E-state index is 0.119. The summed E-state index contributed by atoms with van der Waals surface area (Å²) in [6.07, 6.45) is 4.09. The Balaban J connectivity index is 2.50. The number of aliphatic hydroxyl groups excluding tert-OH is 1. The Morgan fingerprint density at radius 2 is 2.24 bits per heavy atom. The van der Waals surface area contributed by atoms with Gasteiger partial charge in [0.1, 0.15) is 5.82 Å². The molecule has 0 spiro atoms. The topological polar surface area (TPSA) is 60.9 Å². The fourth-order valence-corrected chi connectivity index (χ4v) is 1.82. The number of imidazole rings is 1. The Kier molecular flexibility index (Phi) is 6.55. The first-order valence-corrected chi connectivity index (χ1v) is 6.66. The molecule has 17 heavy (non-hydrogen) atoms. The van der Waals surface area contributed by atoms with Crippen molar-refractivity contribution in [1.82, 2.24) is 15.3 Å². The normalized spacial score (nSPS) is 12.9. The van der Waals surface area contributed by atoms with Gasteiger partial charge in [-0.1, -0.05) is 31.9 Å². The fourth-order valence-electron chi connectivity index (χ4n) is 1.60. The van der Waals surface area contributed by atoms with E-state index in [0.29, 0.717) is 11.7 Å². The van der Waals surface area contributed by atoms with Crippen LogP contribution in [0, 0.1) is 0 Å². The molecule has 98 valence electrons. The SMILES string of the molecule is CCCCc1nc(Cl)c(CN[C@H](CC)CO)[nH]1. The summed E-state index contributed by atoms with van der Waals surface area (Å²) in [5, 5.41) is 12.9. The van der Waals surface area contributed by atoms with Crippen LogP contribution in [0.25, 0.3) is 0 Å². The van der Waals surface area contributed by atoms with E-state index in [2.05, 4.69) is 22.2 Å². The molecule has 0 aromatic carbocycles. The smallest absolute Gasteiger partial charge is 0.151 e. The number of halogens is 1. The van der Waals surface area contributed by atoms with E-state index in [1.54, 1.807) is 0 Å². The highest BCUT2D eigenvalue weighted by Gasteiger charge is 2.10. The molecule has 5 heteroatoms. The van der Waals surface area contributed by atoms with Gasteiger partial charge in [-0.15, -0.1) is 0 Å². The third-order valence-electron chi connectivity index (χ3n) is 2.83. The standard InChI is InChI=1S/C12H22ClN3O/c1-3-5-6-11-15-10(12(13)16-11)7-14-9(4-2)8-17/h9,14,17H,3-8H2,1-2H3,(H,15,16)/t9-/m1/s1. The van der Waals surface area contributed by atoms with Crippen LogP contribution >= 0.6 is 11.6 Å². The van der Waals surface area contributed by atoms with Gasteiger partial charge in [0.15, 0.2) is 5.15 Å². The first kappa shape index (κ1) is 14.5. The highest BCUT2D eigenvalue weighted by Crippen LogP contribution is 2.14. The summed E-state index contributed by atoms with van der Waals surface area (Å²) in [7, 11) is 0. The maximum Gasteiger partial charge on any atom is 0.151 e. The van der Waals surface area contributed by atoms with Gasteiger partial charge in [0.05, 0.1) is 12.3 Å². The molecule has 0 aliphatic heterocycles. The highest BCUT2D eigenvalue weighted by molar-refractivity contribution is 6.30. The molecule has 4 nitrogen and oxygen atoms in total. The van der Waals surface area contributed by atoms with Gasteiger partial charge in [0.2, 0.25) is 0 Å². The molecule has 1 aromatic rings. The number of aromatic amines is 1. The Morgan fingerprint density at radius 3 is 2.82 bits per heavy atom. The number of hydrogen-bond acceptors (Lipinski definition) is 3. The maximum absolute atomic E-state index is 9.07. The molecule has 0 fully saturated rings. The van der Waals surface area contributed by atoms with Crippen LogP contribution in [0.2, 0.25) is 5.15 Å². The molecule has 3 N–H and O–H groups in total. The van der Waals surface area contributed by atoms with E-state index in [1.807, 2.05) is 6.92 Å². The minimum Gasteiger partial charge on any atom is -0.395 e. The molecule has 1 rings (SSSR count). The second kappa shape index (κ2) is 7.69. The number of nitrogens with zero attached hydrogens (tertiary/aromatic N) is 1. The molecular weight excluding hydrogens is 238 g/mol. The third-order valence-corrected chi connectivity index (χ3v) is 3.14. The van der Waals surface area contributed by atoms with Gasteiger partial charge in [0, 0.05) is 19.0 Å². The maximum atomic E-state index is 9.07. The van der Waals surface area contributed by atoms with E-state index in [-0.39, 0.29) is 12.6 Å². The van der Waals surface area contributed by atoms with Gasteiger partial charge >= 0.3 is 0 Å². The molecule has 0 saturated carbocycles. The summed E-state index contributed by atoms with van der Waals surface area (Å²) in [4.78, 5) is 7.52. The van der Waals surface area contributed by atoms with Crippen molar-refractivity contribution >= 4 is 11.6 Å². The number of H-pyrrole nitrogens is 1. The van der Waals surface area contributed by atoms with Crippen molar-refractivity contribution in [3.63, 3.8) is 0 Å². The molecule has 0 aliphatic carbocycles. The van der Waals surface area contributed by atoms with Crippen molar-refractivity contribution in [3.8, 4) is 0 Å². The van der Waals surface area contributed by atoms with Gasteiger partial charge < -0.3 is 15.4 Å². The van der Waals surface area contributed by atoms with E-state index >= 15 is 0 Å². The van der Waals surface area contributed by atoms with Crippen LogP contribution in [0.3, 0.4) is 0 Å². The van der Waals surface area contributed by atoms with Crippen LogP contribution < -0.4 is 5.32 Å². The van der Waals surface area contributed by atoms with E-state index in [4.69, 9.17) is 16.7 Å². The van der Waals surface area contributed by atoms with Gasteiger partial charge in [-0.25, -0.2) is 4.98 Å². The van der Waals surface area contributed by atoms with Crippen LogP contribution in [-0.4, -0.2) is 27.7 Å². The fraction of sp³-hybridized carbons (Fsp3) is 0.750. The average Bonchev–Trinajstić information content (AvgIpc) is 2.69. The monoisotopic (exact) mass is 259 g/mol. The van der Waals surface area contributed by atoms with Crippen molar-refractivity contribution in [2.24, 2.45) is 0 Å². The summed E-state index contributed by atoms with van der Waals surface area (Å²) >= 11 is 6.05. The number of nitrogens with one attached hydrogen (secondary N) is 2. The average molecular weight is 260 g/mol. The molecule has 0 aliphatic rings. The zero-order chi connectivity index (χ0) is 12.7. The lowest BCUT2D eigenvalue weighted by molar-refractivity contribution is 0.238. The van der Waals surface area contributed by atoms with Crippen LogP contribution in [-0.2, 0) is 13.0 Å².